The number of nitrogens with zero attached hydrogens (tertiary/aromatic N) is 2. The molecule has 0 saturated heterocycles. The van der Waals surface area contributed by atoms with Crippen molar-refractivity contribution >= 4 is 29.0 Å². The number of aromatic nitrogens is 1. The molecule has 1 heterocycles. The van der Waals surface area contributed by atoms with Crippen molar-refractivity contribution in [3.05, 3.63) is 35.0 Å². The van der Waals surface area contributed by atoms with E-state index in [-0.39, 0.29) is 18.0 Å². The molecule has 0 atom stereocenters. The van der Waals surface area contributed by atoms with Crippen LogP contribution in [0, 0.1) is 5.82 Å². The van der Waals surface area contributed by atoms with Gasteiger partial charge in [0.2, 0.25) is 0 Å². The predicted molar refractivity (Wildman–Crippen MR) is 75.9 cm³/mol. The van der Waals surface area contributed by atoms with Gasteiger partial charge in [0.25, 0.3) is 0 Å². The first-order valence-electron chi connectivity index (χ1n) is 6.22. The molecule has 0 bridgehead atoms. The number of allylic oxidation sites excluding steroid dienone is 2. The summed E-state index contributed by atoms with van der Waals surface area (Å²) in [7, 11) is 0. The highest BCUT2D eigenvalue weighted by atomic mass is 35.5. The third kappa shape index (κ3) is 6.23. The number of rotatable bonds is 5. The number of hydrogen-bond acceptors (Lipinski definition) is 5. The number of aliphatic imine (C=N–C) groups is 1. The Morgan fingerprint density at radius 3 is 2.70 bits per heavy atom. The molecule has 1 rings (SSSR count). The van der Waals surface area contributed by atoms with Crippen molar-refractivity contribution in [1.29, 1.82) is 0 Å². The SMILES string of the molecule is CCOC(=O)CC(/C=C(\N)C(F)(F)F)=Nc1cnc(Cl)c(F)c1. The van der Waals surface area contributed by atoms with Crippen LogP contribution in [0.5, 0.6) is 0 Å². The molecule has 5 nitrogen and oxygen atoms in total. The zero-order valence-electron chi connectivity index (χ0n) is 11.8. The highest BCUT2D eigenvalue weighted by Crippen LogP contribution is 2.23. The van der Waals surface area contributed by atoms with Gasteiger partial charge in [0.1, 0.15) is 5.70 Å². The Bertz CT molecular complexity index is 645. The lowest BCUT2D eigenvalue weighted by atomic mass is 10.2. The highest BCUT2D eigenvalue weighted by molar-refractivity contribution is 6.29. The second-order valence-electron chi connectivity index (χ2n) is 4.15. The van der Waals surface area contributed by atoms with E-state index in [0.29, 0.717) is 6.08 Å². The zero-order valence-corrected chi connectivity index (χ0v) is 12.6. The summed E-state index contributed by atoms with van der Waals surface area (Å²) in [4.78, 5) is 18.6. The van der Waals surface area contributed by atoms with Gasteiger partial charge in [-0.15, -0.1) is 0 Å². The van der Waals surface area contributed by atoms with Crippen LogP contribution in [-0.2, 0) is 9.53 Å². The van der Waals surface area contributed by atoms with Crippen LogP contribution in [0.3, 0.4) is 0 Å². The standard InChI is InChI=1S/C13H12ClF4N3O2/c1-2-23-11(22)5-7(4-10(19)13(16,17)18)21-8-3-9(15)12(14)20-6-8/h3-4,6H,2,5,19H2,1H3/b10-4-,21-7?. The quantitative estimate of drug-likeness (QED) is 0.381. The van der Waals surface area contributed by atoms with E-state index in [2.05, 4.69) is 14.7 Å². The number of alkyl halides is 3. The van der Waals surface area contributed by atoms with Crippen molar-refractivity contribution in [3.8, 4) is 0 Å². The van der Waals surface area contributed by atoms with Gasteiger partial charge in [-0.2, -0.15) is 13.2 Å². The summed E-state index contributed by atoms with van der Waals surface area (Å²) >= 11 is 5.40. The molecule has 23 heavy (non-hydrogen) atoms. The fraction of sp³-hybridized carbons (Fsp3) is 0.308. The number of carbonyl (C=O) groups is 1. The number of ether oxygens (including phenoxy) is 1. The molecular formula is C13H12ClF4N3O2. The van der Waals surface area contributed by atoms with Crippen LogP contribution in [0.1, 0.15) is 13.3 Å². The van der Waals surface area contributed by atoms with Crippen LogP contribution in [-0.4, -0.2) is 29.4 Å². The summed E-state index contributed by atoms with van der Waals surface area (Å²) in [6.07, 6.45) is -3.86. The predicted octanol–water partition coefficient (Wildman–Crippen LogP) is 3.30. The third-order valence-corrected chi connectivity index (χ3v) is 2.61. The van der Waals surface area contributed by atoms with Crippen molar-refractivity contribution in [2.75, 3.05) is 6.61 Å². The second-order valence-corrected chi connectivity index (χ2v) is 4.51. The van der Waals surface area contributed by atoms with E-state index in [1.807, 2.05) is 0 Å². The normalized spacial score (nSPS) is 13.1. The summed E-state index contributed by atoms with van der Waals surface area (Å²) < 4.78 is 55.4. The Morgan fingerprint density at radius 1 is 1.52 bits per heavy atom. The lowest BCUT2D eigenvalue weighted by molar-refractivity contribution is -0.141. The number of hydrogen-bond donors (Lipinski definition) is 1. The van der Waals surface area contributed by atoms with Crippen molar-refractivity contribution < 1.29 is 27.1 Å². The first-order chi connectivity index (χ1) is 10.6. The Balaban J connectivity index is 3.19. The zero-order chi connectivity index (χ0) is 17.6. The van der Waals surface area contributed by atoms with Gasteiger partial charge < -0.3 is 10.5 Å². The van der Waals surface area contributed by atoms with Crippen LogP contribution in [0.4, 0.5) is 23.2 Å². The molecule has 0 amide bonds. The lowest BCUT2D eigenvalue weighted by Gasteiger charge is -2.08. The number of esters is 1. The Morgan fingerprint density at radius 2 is 2.17 bits per heavy atom. The maximum absolute atomic E-state index is 13.3. The van der Waals surface area contributed by atoms with Gasteiger partial charge in [-0.05, 0) is 13.0 Å². The summed E-state index contributed by atoms with van der Waals surface area (Å²) in [6.45, 7) is 1.58. The number of nitrogens with two attached hydrogens (primary N) is 1. The molecule has 0 fully saturated rings. The Hall–Kier alpha value is -2.16. The third-order valence-electron chi connectivity index (χ3n) is 2.33. The minimum absolute atomic E-state index is 0.0434. The fourth-order valence-corrected chi connectivity index (χ4v) is 1.49. The fourth-order valence-electron chi connectivity index (χ4n) is 1.38. The minimum atomic E-state index is -4.79. The largest absolute Gasteiger partial charge is 0.466 e. The second kappa shape index (κ2) is 7.91. The molecule has 126 valence electrons. The number of pyridine rings is 1. The van der Waals surface area contributed by atoms with Crippen LogP contribution in [0.25, 0.3) is 0 Å². The lowest BCUT2D eigenvalue weighted by Crippen LogP contribution is -2.21. The Kier molecular flexibility index (Phi) is 6.49. The van der Waals surface area contributed by atoms with Gasteiger partial charge in [0.15, 0.2) is 11.0 Å². The molecular weight excluding hydrogens is 342 g/mol. The Labute approximate surface area is 133 Å². The van der Waals surface area contributed by atoms with E-state index in [1.54, 1.807) is 0 Å². The van der Waals surface area contributed by atoms with E-state index >= 15 is 0 Å². The highest BCUT2D eigenvalue weighted by Gasteiger charge is 2.31. The van der Waals surface area contributed by atoms with Crippen molar-refractivity contribution in [2.45, 2.75) is 19.5 Å². The van der Waals surface area contributed by atoms with Crippen LogP contribution >= 0.6 is 11.6 Å². The molecule has 10 heteroatoms. The van der Waals surface area contributed by atoms with E-state index in [1.165, 1.54) is 6.92 Å². The first kappa shape index (κ1) is 18.9. The maximum Gasteiger partial charge on any atom is 0.430 e. The molecule has 0 saturated carbocycles. The maximum atomic E-state index is 13.3. The molecule has 0 unspecified atom stereocenters. The first-order valence-corrected chi connectivity index (χ1v) is 6.60. The molecule has 0 aliphatic rings. The van der Waals surface area contributed by atoms with Gasteiger partial charge in [-0.3, -0.25) is 9.79 Å². The summed E-state index contributed by atoms with van der Waals surface area (Å²) in [5.74, 6) is -1.71. The van der Waals surface area contributed by atoms with Crippen molar-refractivity contribution in [3.63, 3.8) is 0 Å². The summed E-state index contributed by atoms with van der Waals surface area (Å²) in [5, 5.41) is -0.416. The van der Waals surface area contributed by atoms with Gasteiger partial charge in [-0.1, -0.05) is 11.6 Å². The molecule has 0 spiro atoms. The molecule has 1 aromatic heterocycles. The number of carbonyl (C=O) groups excluding carboxylic acids is 1. The van der Waals surface area contributed by atoms with Crippen molar-refractivity contribution in [2.24, 2.45) is 10.7 Å². The molecule has 0 aromatic carbocycles. The van der Waals surface area contributed by atoms with Crippen molar-refractivity contribution in [1.82, 2.24) is 4.98 Å². The number of halogens is 5. The van der Waals surface area contributed by atoms with Gasteiger partial charge in [0, 0.05) is 6.07 Å². The van der Waals surface area contributed by atoms with E-state index in [0.717, 1.165) is 12.3 Å². The smallest absolute Gasteiger partial charge is 0.430 e. The average Bonchev–Trinajstić information content (AvgIpc) is 2.42. The molecule has 0 aliphatic carbocycles. The molecule has 0 radical (unpaired) electrons. The molecule has 0 aliphatic heterocycles. The topological polar surface area (TPSA) is 77.6 Å². The van der Waals surface area contributed by atoms with E-state index < -0.39 is 35.2 Å². The average molecular weight is 354 g/mol. The van der Waals surface area contributed by atoms with Crippen LogP contribution in [0.2, 0.25) is 5.15 Å². The van der Waals surface area contributed by atoms with E-state index in [9.17, 15) is 22.4 Å². The van der Waals surface area contributed by atoms with Crippen LogP contribution in [0.15, 0.2) is 29.0 Å². The summed E-state index contributed by atoms with van der Waals surface area (Å²) in [5.41, 5.74) is 2.96. The summed E-state index contributed by atoms with van der Waals surface area (Å²) in [6, 6.07) is 0.859. The van der Waals surface area contributed by atoms with Gasteiger partial charge in [-0.25, -0.2) is 9.37 Å². The molecule has 2 N–H and O–H groups in total. The van der Waals surface area contributed by atoms with Crippen LogP contribution < -0.4 is 5.73 Å². The molecule has 1 aromatic rings. The minimum Gasteiger partial charge on any atom is -0.466 e. The van der Waals surface area contributed by atoms with Gasteiger partial charge >= 0.3 is 12.1 Å². The van der Waals surface area contributed by atoms with Gasteiger partial charge in [0.05, 0.1) is 30.6 Å². The van der Waals surface area contributed by atoms with E-state index in [4.69, 9.17) is 17.3 Å². The monoisotopic (exact) mass is 353 g/mol.